The average Bonchev–Trinajstić information content (AvgIpc) is 2.75. The molecule has 1 aliphatic rings. The third-order valence-electron chi connectivity index (χ3n) is 3.59. The lowest BCUT2D eigenvalue weighted by atomic mass is 9.69. The van der Waals surface area contributed by atoms with Crippen LogP contribution in [0.2, 0.25) is 0 Å². The van der Waals surface area contributed by atoms with Crippen LogP contribution in [0.1, 0.15) is 38.2 Å². The number of thiophene rings is 1. The second-order valence-corrected chi connectivity index (χ2v) is 5.66. The van der Waals surface area contributed by atoms with Crippen LogP contribution in [0, 0.1) is 22.7 Å². The van der Waals surface area contributed by atoms with Gasteiger partial charge in [-0.2, -0.15) is 16.6 Å². The molecular formula is C13H17NS. The summed E-state index contributed by atoms with van der Waals surface area (Å²) in [6, 6.07) is 4.74. The zero-order chi connectivity index (χ0) is 10.7. The molecule has 0 saturated heterocycles. The molecular weight excluding hydrogens is 202 g/mol. The Bertz CT molecular complexity index is 339. The van der Waals surface area contributed by atoms with E-state index in [1.165, 1.54) is 18.4 Å². The highest BCUT2D eigenvalue weighted by Gasteiger charge is 2.34. The van der Waals surface area contributed by atoms with Gasteiger partial charge in [0.2, 0.25) is 0 Å². The largest absolute Gasteiger partial charge is 0.198 e. The number of rotatable bonds is 2. The quantitative estimate of drug-likeness (QED) is 0.737. The highest BCUT2D eigenvalue weighted by molar-refractivity contribution is 7.07. The molecule has 1 aromatic rings. The SMILES string of the molecule is CC1CCC(C#N)(Cc2ccsc2)CC1. The van der Waals surface area contributed by atoms with Crippen LogP contribution in [0.15, 0.2) is 16.8 Å². The van der Waals surface area contributed by atoms with Crippen molar-refractivity contribution in [2.75, 3.05) is 0 Å². The first kappa shape index (κ1) is 10.7. The van der Waals surface area contributed by atoms with Crippen LogP contribution in [0.4, 0.5) is 0 Å². The molecule has 2 heteroatoms. The Morgan fingerprint density at radius 2 is 2.27 bits per heavy atom. The lowest BCUT2D eigenvalue weighted by Crippen LogP contribution is -2.27. The normalized spacial score (nSPS) is 31.1. The summed E-state index contributed by atoms with van der Waals surface area (Å²) in [5.41, 5.74) is 1.28. The fourth-order valence-corrected chi connectivity index (χ4v) is 3.10. The Morgan fingerprint density at radius 3 is 2.80 bits per heavy atom. The van der Waals surface area contributed by atoms with Gasteiger partial charge in [0.15, 0.2) is 0 Å². The van der Waals surface area contributed by atoms with Gasteiger partial charge in [-0.25, -0.2) is 0 Å². The summed E-state index contributed by atoms with van der Waals surface area (Å²) in [5, 5.41) is 13.7. The predicted molar refractivity (Wildman–Crippen MR) is 63.7 cm³/mol. The van der Waals surface area contributed by atoms with Gasteiger partial charge in [0.05, 0.1) is 11.5 Å². The molecule has 1 fully saturated rings. The summed E-state index contributed by atoms with van der Waals surface area (Å²) >= 11 is 1.73. The second kappa shape index (κ2) is 4.37. The van der Waals surface area contributed by atoms with Gasteiger partial charge in [0.25, 0.3) is 0 Å². The molecule has 2 rings (SSSR count). The standard InChI is InChI=1S/C13H17NS/c1-11-2-5-13(10-14,6-3-11)8-12-4-7-15-9-12/h4,7,9,11H,2-3,5-6,8H2,1H3. The van der Waals surface area contributed by atoms with E-state index in [0.29, 0.717) is 0 Å². The maximum atomic E-state index is 9.38. The zero-order valence-corrected chi connectivity index (χ0v) is 10.0. The van der Waals surface area contributed by atoms with Crippen molar-refractivity contribution in [3.05, 3.63) is 22.4 Å². The maximum Gasteiger partial charge on any atom is 0.0693 e. The van der Waals surface area contributed by atoms with Gasteiger partial charge < -0.3 is 0 Å². The van der Waals surface area contributed by atoms with E-state index in [4.69, 9.17) is 0 Å². The molecule has 1 nitrogen and oxygen atoms in total. The van der Waals surface area contributed by atoms with Crippen molar-refractivity contribution in [2.24, 2.45) is 11.3 Å². The molecule has 80 valence electrons. The maximum absolute atomic E-state index is 9.38. The molecule has 0 amide bonds. The fraction of sp³-hybridized carbons (Fsp3) is 0.615. The van der Waals surface area contributed by atoms with Gasteiger partial charge in [0, 0.05) is 0 Å². The summed E-state index contributed by atoms with van der Waals surface area (Å²) in [6.07, 6.45) is 5.57. The van der Waals surface area contributed by atoms with Gasteiger partial charge in [-0.1, -0.05) is 6.92 Å². The molecule has 15 heavy (non-hydrogen) atoms. The molecule has 1 heterocycles. The molecule has 0 spiro atoms. The Hall–Kier alpha value is -0.810. The molecule has 0 aromatic carbocycles. The van der Waals surface area contributed by atoms with Crippen LogP contribution in [0.5, 0.6) is 0 Å². The van der Waals surface area contributed by atoms with E-state index in [9.17, 15) is 5.26 Å². The minimum Gasteiger partial charge on any atom is -0.198 e. The van der Waals surface area contributed by atoms with Crippen molar-refractivity contribution in [3.8, 4) is 6.07 Å². The van der Waals surface area contributed by atoms with Crippen LogP contribution in [-0.2, 0) is 6.42 Å². The summed E-state index contributed by atoms with van der Waals surface area (Å²) in [6.45, 7) is 2.30. The first-order valence-electron chi connectivity index (χ1n) is 5.66. The van der Waals surface area contributed by atoms with Gasteiger partial charge in [-0.15, -0.1) is 0 Å². The van der Waals surface area contributed by atoms with E-state index < -0.39 is 0 Å². The average molecular weight is 219 g/mol. The fourth-order valence-electron chi connectivity index (χ4n) is 2.43. The molecule has 0 aliphatic heterocycles. The van der Waals surface area contributed by atoms with Gasteiger partial charge in [-0.05, 0) is 60.4 Å². The van der Waals surface area contributed by atoms with Gasteiger partial charge in [0.1, 0.15) is 0 Å². The van der Waals surface area contributed by atoms with Crippen LogP contribution in [0.3, 0.4) is 0 Å². The minimum atomic E-state index is -0.0619. The highest BCUT2D eigenvalue weighted by atomic mass is 32.1. The Morgan fingerprint density at radius 1 is 1.53 bits per heavy atom. The van der Waals surface area contributed by atoms with E-state index in [-0.39, 0.29) is 5.41 Å². The highest BCUT2D eigenvalue weighted by Crippen LogP contribution is 2.41. The zero-order valence-electron chi connectivity index (χ0n) is 9.20. The number of nitriles is 1. The third-order valence-corrected chi connectivity index (χ3v) is 4.32. The number of hydrogen-bond acceptors (Lipinski definition) is 2. The van der Waals surface area contributed by atoms with Crippen molar-refractivity contribution >= 4 is 11.3 Å². The molecule has 1 aromatic heterocycles. The predicted octanol–water partition coefficient (Wildman–Crippen LogP) is 4.01. The van der Waals surface area contributed by atoms with E-state index in [1.807, 2.05) is 0 Å². The molecule has 0 atom stereocenters. The van der Waals surface area contributed by atoms with Crippen molar-refractivity contribution in [1.82, 2.24) is 0 Å². The van der Waals surface area contributed by atoms with Crippen molar-refractivity contribution in [1.29, 1.82) is 5.26 Å². The molecule has 0 radical (unpaired) electrons. The summed E-state index contributed by atoms with van der Waals surface area (Å²) in [7, 11) is 0. The van der Waals surface area contributed by atoms with Crippen molar-refractivity contribution in [2.45, 2.75) is 39.0 Å². The minimum absolute atomic E-state index is 0.0619. The van der Waals surface area contributed by atoms with E-state index in [2.05, 4.69) is 29.8 Å². The smallest absolute Gasteiger partial charge is 0.0693 e. The van der Waals surface area contributed by atoms with Crippen LogP contribution >= 0.6 is 11.3 Å². The van der Waals surface area contributed by atoms with E-state index in [0.717, 1.165) is 25.2 Å². The first-order valence-corrected chi connectivity index (χ1v) is 6.61. The van der Waals surface area contributed by atoms with Gasteiger partial charge >= 0.3 is 0 Å². The molecule has 1 saturated carbocycles. The van der Waals surface area contributed by atoms with Crippen LogP contribution in [0.25, 0.3) is 0 Å². The molecule has 0 unspecified atom stereocenters. The molecule has 0 N–H and O–H groups in total. The Kier molecular flexibility index (Phi) is 3.11. The molecule has 0 bridgehead atoms. The summed E-state index contributed by atoms with van der Waals surface area (Å²) in [5.74, 6) is 0.814. The van der Waals surface area contributed by atoms with Crippen LogP contribution in [-0.4, -0.2) is 0 Å². The second-order valence-electron chi connectivity index (χ2n) is 4.88. The van der Waals surface area contributed by atoms with Gasteiger partial charge in [-0.3, -0.25) is 0 Å². The van der Waals surface area contributed by atoms with E-state index in [1.54, 1.807) is 11.3 Å². The van der Waals surface area contributed by atoms with Crippen LogP contribution < -0.4 is 0 Å². The lowest BCUT2D eigenvalue weighted by Gasteiger charge is -2.33. The number of nitrogens with zero attached hydrogens (tertiary/aromatic N) is 1. The van der Waals surface area contributed by atoms with E-state index >= 15 is 0 Å². The van der Waals surface area contributed by atoms with Crippen molar-refractivity contribution in [3.63, 3.8) is 0 Å². The topological polar surface area (TPSA) is 23.8 Å². The lowest BCUT2D eigenvalue weighted by molar-refractivity contribution is 0.219. The first-order chi connectivity index (χ1) is 7.24. The summed E-state index contributed by atoms with van der Waals surface area (Å²) < 4.78 is 0. The third kappa shape index (κ3) is 2.41. The van der Waals surface area contributed by atoms with Crippen molar-refractivity contribution < 1.29 is 0 Å². The molecule has 1 aliphatic carbocycles. The Labute approximate surface area is 95.7 Å². The monoisotopic (exact) mass is 219 g/mol. The summed E-state index contributed by atoms with van der Waals surface area (Å²) in [4.78, 5) is 0. The Balaban J connectivity index is 2.07. The number of hydrogen-bond donors (Lipinski definition) is 0.